The molecule has 0 aliphatic carbocycles. The summed E-state index contributed by atoms with van der Waals surface area (Å²) < 4.78 is 0. The number of amides is 2. The highest BCUT2D eigenvalue weighted by atomic mass is 16.6. The number of hydrogen-bond donors (Lipinski definition) is 3. The second-order valence-corrected chi connectivity index (χ2v) is 7.11. The maximum atomic E-state index is 13.2. The normalized spacial score (nSPS) is 18.8. The summed E-state index contributed by atoms with van der Waals surface area (Å²) in [6.07, 6.45) is 1.40. The minimum absolute atomic E-state index is 0.0561. The molecule has 2 aromatic carbocycles. The molecule has 1 atom stereocenters. The van der Waals surface area contributed by atoms with Gasteiger partial charge in [0.2, 0.25) is 0 Å². The fourth-order valence-electron chi connectivity index (χ4n) is 3.64. The average molecular weight is 407 g/mol. The van der Waals surface area contributed by atoms with Gasteiger partial charge in [-0.05, 0) is 42.0 Å². The van der Waals surface area contributed by atoms with Gasteiger partial charge < -0.3 is 20.9 Å². The molecule has 0 spiro atoms. The Kier molecular flexibility index (Phi) is 5.44. The molecule has 0 radical (unpaired) electrons. The summed E-state index contributed by atoms with van der Waals surface area (Å²) in [5.74, 6) is -0.224. The van der Waals surface area contributed by atoms with Gasteiger partial charge in [0, 0.05) is 61.3 Å². The third-order valence-corrected chi connectivity index (χ3v) is 5.26. The number of anilines is 1. The second kappa shape index (κ2) is 8.34. The summed E-state index contributed by atoms with van der Waals surface area (Å²) in [5, 5.41) is 19.4. The Labute approximate surface area is 172 Å². The highest BCUT2D eigenvalue weighted by molar-refractivity contribution is 6.10. The van der Waals surface area contributed by atoms with Crippen LogP contribution in [0.25, 0.3) is 0 Å². The van der Waals surface area contributed by atoms with Crippen LogP contribution in [0.5, 0.6) is 0 Å². The van der Waals surface area contributed by atoms with E-state index in [1.807, 2.05) is 12.1 Å². The third kappa shape index (κ3) is 4.01. The number of Topliss-reactive ketones (excluding diaryl/α,β-unsaturated/α-hetero) is 1. The molecule has 2 aliphatic rings. The zero-order chi connectivity index (χ0) is 21.1. The van der Waals surface area contributed by atoms with E-state index < -0.39 is 17.0 Å². The minimum Gasteiger partial charge on any atom is -0.369 e. The number of nitro benzene ring substituents is 1. The number of non-ortho nitro benzene ring substituents is 1. The van der Waals surface area contributed by atoms with Crippen LogP contribution in [0.2, 0.25) is 0 Å². The summed E-state index contributed by atoms with van der Waals surface area (Å²) in [4.78, 5) is 37.7. The van der Waals surface area contributed by atoms with Crippen molar-refractivity contribution in [3.05, 3.63) is 81.5 Å². The van der Waals surface area contributed by atoms with E-state index in [0.717, 1.165) is 31.9 Å². The summed E-state index contributed by atoms with van der Waals surface area (Å²) in [5.41, 5.74) is 2.46. The van der Waals surface area contributed by atoms with Crippen molar-refractivity contribution in [2.24, 2.45) is 0 Å². The van der Waals surface area contributed by atoms with E-state index in [-0.39, 0.29) is 11.5 Å². The Hall–Kier alpha value is -3.72. The van der Waals surface area contributed by atoms with Crippen LogP contribution < -0.4 is 20.9 Å². The first kappa shape index (κ1) is 19.6. The molecule has 2 aromatic rings. The van der Waals surface area contributed by atoms with Crippen LogP contribution in [-0.2, 0) is 0 Å². The number of nitrogens with zero attached hydrogens (tertiary/aromatic N) is 2. The standard InChI is InChI=1S/C21H21N5O4/c27-20(15-3-5-16(6-4-15)25-11-9-22-10-12-25)18-13-23-21(28)24-19(18)14-1-7-17(8-2-14)26(29)30/h1-8,13,19,22H,9-12H2,(H2,23,24,28). The van der Waals surface area contributed by atoms with Crippen molar-refractivity contribution in [2.45, 2.75) is 6.04 Å². The summed E-state index contributed by atoms with van der Waals surface area (Å²) in [7, 11) is 0. The van der Waals surface area contributed by atoms with Gasteiger partial charge in [0.1, 0.15) is 0 Å². The maximum absolute atomic E-state index is 13.2. The zero-order valence-corrected chi connectivity index (χ0v) is 16.1. The van der Waals surface area contributed by atoms with Gasteiger partial charge in [0.25, 0.3) is 5.69 Å². The number of rotatable bonds is 5. The van der Waals surface area contributed by atoms with E-state index in [4.69, 9.17) is 0 Å². The molecule has 1 fully saturated rings. The van der Waals surface area contributed by atoms with Gasteiger partial charge in [-0.1, -0.05) is 0 Å². The smallest absolute Gasteiger partial charge is 0.319 e. The summed E-state index contributed by atoms with van der Waals surface area (Å²) >= 11 is 0. The molecule has 1 unspecified atom stereocenters. The number of piperazine rings is 1. The molecule has 1 saturated heterocycles. The lowest BCUT2D eigenvalue weighted by Crippen LogP contribution is -2.43. The molecule has 9 heteroatoms. The van der Waals surface area contributed by atoms with Gasteiger partial charge in [0.05, 0.1) is 11.0 Å². The van der Waals surface area contributed by atoms with Crippen molar-refractivity contribution in [3.63, 3.8) is 0 Å². The lowest BCUT2D eigenvalue weighted by atomic mass is 9.91. The predicted octanol–water partition coefficient (Wildman–Crippen LogP) is 2.13. The van der Waals surface area contributed by atoms with Crippen LogP contribution in [0.4, 0.5) is 16.2 Å². The van der Waals surface area contributed by atoms with Gasteiger partial charge >= 0.3 is 6.03 Å². The zero-order valence-electron chi connectivity index (χ0n) is 16.1. The Morgan fingerprint density at radius 3 is 2.33 bits per heavy atom. The quantitative estimate of drug-likeness (QED) is 0.397. The summed E-state index contributed by atoms with van der Waals surface area (Å²) in [6, 6.07) is 12.1. The van der Waals surface area contributed by atoms with E-state index >= 15 is 0 Å². The number of carbonyl (C=O) groups excluding carboxylic acids is 2. The van der Waals surface area contributed by atoms with Crippen LogP contribution >= 0.6 is 0 Å². The number of ketones is 1. The average Bonchev–Trinajstić information content (AvgIpc) is 2.79. The van der Waals surface area contributed by atoms with Crippen molar-refractivity contribution < 1.29 is 14.5 Å². The fraction of sp³-hybridized carbons (Fsp3) is 0.238. The van der Waals surface area contributed by atoms with Gasteiger partial charge in [0.15, 0.2) is 5.78 Å². The van der Waals surface area contributed by atoms with E-state index in [9.17, 15) is 19.7 Å². The molecule has 0 saturated carbocycles. The predicted molar refractivity (Wildman–Crippen MR) is 111 cm³/mol. The highest BCUT2D eigenvalue weighted by Gasteiger charge is 2.29. The number of hydrogen-bond acceptors (Lipinski definition) is 6. The first-order valence-electron chi connectivity index (χ1n) is 9.65. The van der Waals surface area contributed by atoms with Crippen LogP contribution in [0.3, 0.4) is 0 Å². The molecular weight excluding hydrogens is 386 g/mol. The van der Waals surface area contributed by atoms with Gasteiger partial charge in [-0.2, -0.15) is 0 Å². The van der Waals surface area contributed by atoms with Crippen molar-refractivity contribution >= 4 is 23.2 Å². The van der Waals surface area contributed by atoms with Crippen molar-refractivity contribution in [2.75, 3.05) is 31.1 Å². The molecule has 0 aromatic heterocycles. The second-order valence-electron chi connectivity index (χ2n) is 7.11. The lowest BCUT2D eigenvalue weighted by molar-refractivity contribution is -0.384. The van der Waals surface area contributed by atoms with E-state index in [0.29, 0.717) is 16.7 Å². The maximum Gasteiger partial charge on any atom is 0.319 e. The van der Waals surface area contributed by atoms with Gasteiger partial charge in [-0.15, -0.1) is 0 Å². The monoisotopic (exact) mass is 407 g/mol. The van der Waals surface area contributed by atoms with E-state index in [1.165, 1.54) is 18.3 Å². The van der Waals surface area contributed by atoms with E-state index in [1.54, 1.807) is 24.3 Å². The third-order valence-electron chi connectivity index (χ3n) is 5.26. The van der Waals surface area contributed by atoms with E-state index in [2.05, 4.69) is 20.9 Å². The van der Waals surface area contributed by atoms with Crippen molar-refractivity contribution in [3.8, 4) is 0 Å². The van der Waals surface area contributed by atoms with Gasteiger partial charge in [-0.3, -0.25) is 14.9 Å². The molecule has 2 heterocycles. The summed E-state index contributed by atoms with van der Waals surface area (Å²) in [6.45, 7) is 3.68. The van der Waals surface area contributed by atoms with Crippen molar-refractivity contribution in [1.82, 2.24) is 16.0 Å². The molecule has 30 heavy (non-hydrogen) atoms. The number of carbonyl (C=O) groups is 2. The number of urea groups is 1. The van der Waals surface area contributed by atoms with Crippen LogP contribution in [-0.4, -0.2) is 42.9 Å². The minimum atomic E-state index is -0.695. The number of nitrogens with one attached hydrogen (secondary N) is 3. The fourth-order valence-corrected chi connectivity index (χ4v) is 3.64. The molecule has 2 aliphatic heterocycles. The number of benzene rings is 2. The topological polar surface area (TPSA) is 117 Å². The molecule has 9 nitrogen and oxygen atoms in total. The Morgan fingerprint density at radius 1 is 1.03 bits per heavy atom. The Morgan fingerprint density at radius 2 is 1.70 bits per heavy atom. The molecule has 154 valence electrons. The van der Waals surface area contributed by atoms with Crippen molar-refractivity contribution in [1.29, 1.82) is 0 Å². The first-order chi connectivity index (χ1) is 14.5. The molecular formula is C21H21N5O4. The molecule has 0 bridgehead atoms. The van der Waals surface area contributed by atoms with Crippen LogP contribution in [0.1, 0.15) is 22.0 Å². The lowest BCUT2D eigenvalue weighted by Gasteiger charge is -2.29. The SMILES string of the molecule is O=C1NC=C(C(=O)c2ccc(N3CCNCC3)cc2)C(c2ccc([N+](=O)[O-])cc2)N1. The highest BCUT2D eigenvalue weighted by Crippen LogP contribution is 2.28. The molecule has 3 N–H and O–H groups in total. The molecule has 4 rings (SSSR count). The largest absolute Gasteiger partial charge is 0.369 e. The Balaban J connectivity index is 1.57. The van der Waals surface area contributed by atoms with Crippen LogP contribution in [0, 0.1) is 10.1 Å². The molecule has 2 amide bonds. The Bertz CT molecular complexity index is 995. The van der Waals surface area contributed by atoms with Gasteiger partial charge in [-0.25, -0.2) is 4.79 Å². The number of nitro groups is 1. The van der Waals surface area contributed by atoms with Crippen LogP contribution in [0.15, 0.2) is 60.3 Å². The first-order valence-corrected chi connectivity index (χ1v) is 9.65.